The first-order valence-corrected chi connectivity index (χ1v) is 11.7. The Hall–Kier alpha value is -4.77. The van der Waals surface area contributed by atoms with Crippen molar-refractivity contribution in [1.29, 1.82) is 0 Å². The second kappa shape index (κ2) is 9.36. The van der Waals surface area contributed by atoms with E-state index >= 15 is 0 Å². The lowest BCUT2D eigenvalue weighted by molar-refractivity contribution is 0.425. The number of anilines is 1. The van der Waals surface area contributed by atoms with Crippen LogP contribution in [0.3, 0.4) is 0 Å². The molecule has 0 bridgehead atoms. The quantitative estimate of drug-likeness (QED) is 0.303. The number of H-pyrrole nitrogens is 2. The summed E-state index contributed by atoms with van der Waals surface area (Å²) in [6.45, 7) is 1.53. The summed E-state index contributed by atoms with van der Waals surface area (Å²) >= 11 is 0. The van der Waals surface area contributed by atoms with Crippen LogP contribution in [0.4, 0.5) is 10.1 Å². The molecule has 0 unspecified atom stereocenters. The van der Waals surface area contributed by atoms with E-state index in [4.69, 9.17) is 4.98 Å². The van der Waals surface area contributed by atoms with E-state index in [2.05, 4.69) is 45.3 Å². The van der Waals surface area contributed by atoms with Crippen LogP contribution < -0.4 is 5.32 Å². The summed E-state index contributed by atoms with van der Waals surface area (Å²) < 4.78 is 14.6. The summed E-state index contributed by atoms with van der Waals surface area (Å²) in [4.78, 5) is 27.3. The third kappa shape index (κ3) is 4.47. The number of nitrogens with one attached hydrogen (secondary N) is 3. The molecule has 5 heterocycles. The molecule has 6 aromatic rings. The third-order valence-electron chi connectivity index (χ3n) is 6.01. The molecule has 0 radical (unpaired) electrons. The van der Waals surface area contributed by atoms with Crippen molar-refractivity contribution in [3.05, 3.63) is 67.3 Å². The van der Waals surface area contributed by atoms with E-state index in [9.17, 15) is 4.39 Å². The first-order valence-electron chi connectivity index (χ1n) is 11.7. The molecule has 6 rings (SSSR count). The van der Waals surface area contributed by atoms with Gasteiger partial charge in [0.25, 0.3) is 0 Å². The van der Waals surface area contributed by atoms with Crippen molar-refractivity contribution in [2.24, 2.45) is 0 Å². The Morgan fingerprint density at radius 3 is 2.70 bits per heavy atom. The zero-order valence-electron chi connectivity index (χ0n) is 20.2. The zero-order valence-corrected chi connectivity index (χ0v) is 20.2. The molecule has 0 amide bonds. The number of nitrogens with zero attached hydrogens (tertiary/aromatic N) is 7. The number of rotatable bonds is 7. The summed E-state index contributed by atoms with van der Waals surface area (Å²) in [5.74, 6) is 0.220. The normalized spacial score (nSPS) is 11.6. The van der Waals surface area contributed by atoms with Crippen molar-refractivity contribution >= 4 is 27.8 Å². The van der Waals surface area contributed by atoms with Gasteiger partial charge in [-0.3, -0.25) is 10.1 Å². The lowest BCUT2D eigenvalue weighted by Gasteiger charge is -2.12. The van der Waals surface area contributed by atoms with Crippen molar-refractivity contribution in [3.63, 3.8) is 0 Å². The molecule has 0 fully saturated rings. The highest BCUT2D eigenvalue weighted by Crippen LogP contribution is 2.33. The molecule has 0 aliphatic carbocycles. The van der Waals surface area contributed by atoms with Gasteiger partial charge < -0.3 is 15.2 Å². The van der Waals surface area contributed by atoms with Gasteiger partial charge in [0.1, 0.15) is 23.4 Å². The Balaban J connectivity index is 1.41. The largest absolute Gasteiger partial charge is 0.384 e. The third-order valence-corrected chi connectivity index (χ3v) is 6.01. The van der Waals surface area contributed by atoms with Crippen molar-refractivity contribution in [3.8, 4) is 33.9 Å². The minimum absolute atomic E-state index is 0.325. The van der Waals surface area contributed by atoms with Crippen LogP contribution >= 0.6 is 0 Å². The molecular weight excluding hydrogens is 471 g/mol. The lowest BCUT2D eigenvalue weighted by Crippen LogP contribution is -2.20. The smallest absolute Gasteiger partial charge is 0.160 e. The fourth-order valence-corrected chi connectivity index (χ4v) is 4.21. The molecule has 1 aromatic carbocycles. The maximum atomic E-state index is 14.6. The molecule has 37 heavy (non-hydrogen) atoms. The van der Waals surface area contributed by atoms with Crippen molar-refractivity contribution in [2.75, 3.05) is 32.5 Å². The second-order valence-electron chi connectivity index (χ2n) is 8.91. The van der Waals surface area contributed by atoms with Gasteiger partial charge in [-0.1, -0.05) is 0 Å². The van der Waals surface area contributed by atoms with Crippen molar-refractivity contribution < 1.29 is 4.39 Å². The Kier molecular flexibility index (Phi) is 5.73. The van der Waals surface area contributed by atoms with Gasteiger partial charge in [-0.15, -0.1) is 0 Å². The first-order chi connectivity index (χ1) is 18.0. The average molecular weight is 495 g/mol. The molecule has 10 nitrogen and oxygen atoms in total. The molecule has 0 saturated carbocycles. The summed E-state index contributed by atoms with van der Waals surface area (Å²) in [6, 6.07) is 8.68. The van der Waals surface area contributed by atoms with Gasteiger partial charge in [-0.2, -0.15) is 5.10 Å². The van der Waals surface area contributed by atoms with E-state index in [1.165, 1.54) is 18.5 Å². The van der Waals surface area contributed by atoms with E-state index < -0.39 is 0 Å². The average Bonchev–Trinajstić information content (AvgIpc) is 3.52. The van der Waals surface area contributed by atoms with Gasteiger partial charge in [0.05, 0.1) is 17.4 Å². The topological polar surface area (TPSA) is 124 Å². The summed E-state index contributed by atoms with van der Waals surface area (Å²) in [7, 11) is 4.00. The maximum Gasteiger partial charge on any atom is 0.160 e. The van der Waals surface area contributed by atoms with Crippen molar-refractivity contribution in [2.45, 2.75) is 0 Å². The van der Waals surface area contributed by atoms with Crippen LogP contribution in [-0.2, 0) is 0 Å². The predicted molar refractivity (Wildman–Crippen MR) is 140 cm³/mol. The summed E-state index contributed by atoms with van der Waals surface area (Å²) in [6.07, 6.45) is 8.30. The molecule has 3 N–H and O–H groups in total. The van der Waals surface area contributed by atoms with Crippen LogP contribution in [0, 0.1) is 5.82 Å². The molecule has 184 valence electrons. The highest BCUT2D eigenvalue weighted by Gasteiger charge is 2.17. The number of halogens is 1. The Morgan fingerprint density at radius 1 is 1.00 bits per heavy atom. The van der Waals surface area contributed by atoms with E-state index in [1.54, 1.807) is 24.8 Å². The molecule has 0 aliphatic rings. The number of hydrogen-bond donors (Lipinski definition) is 3. The van der Waals surface area contributed by atoms with Crippen LogP contribution in [0.5, 0.6) is 0 Å². The predicted octanol–water partition coefficient (Wildman–Crippen LogP) is 4.13. The molecule has 0 aliphatic heterocycles. The monoisotopic (exact) mass is 494 g/mol. The van der Waals surface area contributed by atoms with Crippen LogP contribution in [-0.4, -0.2) is 72.2 Å². The first kappa shape index (κ1) is 22.7. The molecule has 0 atom stereocenters. The molecule has 5 aromatic heterocycles. The molecular formula is C26H23FN10. The second-order valence-corrected chi connectivity index (χ2v) is 8.91. The fraction of sp³-hybridized carbons (Fsp3) is 0.154. The molecule has 11 heteroatoms. The summed E-state index contributed by atoms with van der Waals surface area (Å²) in [5, 5.41) is 11.6. The van der Waals surface area contributed by atoms with Gasteiger partial charge in [-0.05, 0) is 50.0 Å². The number of aromatic amines is 2. The number of benzene rings is 1. The number of fused-ring (bicyclic) bond motifs is 2. The van der Waals surface area contributed by atoms with E-state index in [0.29, 0.717) is 40.5 Å². The number of pyridine rings is 2. The standard InChI is InChI=1S/C26H23FN10/c1-37(2)6-5-30-18-8-15(7-17(27)9-18)19-3-4-31-25-23(19)33-26(34-25)24-20-10-21(16-11-28-14-29-12-16)32-13-22(20)35-36-24/h3-4,7-14,30H,5-6H2,1-2H3,(H,35,36)(H,31,33,34). The molecule has 0 saturated heterocycles. The Labute approximate surface area is 211 Å². The summed E-state index contributed by atoms with van der Waals surface area (Å²) in [5.41, 5.74) is 6.32. The minimum Gasteiger partial charge on any atom is -0.384 e. The van der Waals surface area contributed by atoms with Gasteiger partial charge in [0.2, 0.25) is 0 Å². The molecule has 0 spiro atoms. The van der Waals surface area contributed by atoms with Gasteiger partial charge in [0.15, 0.2) is 11.5 Å². The van der Waals surface area contributed by atoms with E-state index in [1.807, 2.05) is 32.3 Å². The Bertz CT molecular complexity index is 1710. The van der Waals surface area contributed by atoms with Crippen LogP contribution in [0.25, 0.3) is 56.0 Å². The Morgan fingerprint density at radius 2 is 1.86 bits per heavy atom. The number of imidazole rings is 1. The van der Waals surface area contributed by atoms with E-state index in [0.717, 1.165) is 34.3 Å². The van der Waals surface area contributed by atoms with Crippen molar-refractivity contribution in [1.82, 2.24) is 45.0 Å². The van der Waals surface area contributed by atoms with Crippen LogP contribution in [0.1, 0.15) is 0 Å². The SMILES string of the molecule is CN(C)CCNc1cc(F)cc(-c2ccnc3[nH]c(-c4n[nH]c5cnc(-c6cncnc6)cc45)nc23)c1. The highest BCUT2D eigenvalue weighted by atomic mass is 19.1. The number of hydrogen-bond acceptors (Lipinski definition) is 8. The zero-order chi connectivity index (χ0) is 25.4. The number of aromatic nitrogens is 8. The minimum atomic E-state index is -0.325. The van der Waals surface area contributed by atoms with Gasteiger partial charge >= 0.3 is 0 Å². The maximum absolute atomic E-state index is 14.6. The van der Waals surface area contributed by atoms with Gasteiger partial charge in [0, 0.05) is 53.9 Å². The van der Waals surface area contributed by atoms with E-state index in [-0.39, 0.29) is 5.82 Å². The van der Waals surface area contributed by atoms with Crippen LogP contribution in [0.15, 0.2) is 61.4 Å². The van der Waals surface area contributed by atoms with Crippen LogP contribution in [0.2, 0.25) is 0 Å². The fourth-order valence-electron chi connectivity index (χ4n) is 4.21. The lowest BCUT2D eigenvalue weighted by atomic mass is 10.0. The highest BCUT2D eigenvalue weighted by molar-refractivity contribution is 5.96. The van der Waals surface area contributed by atoms with Gasteiger partial charge in [-0.25, -0.2) is 24.3 Å². The number of likely N-dealkylation sites (N-methyl/N-ethyl adjacent to an activating group) is 1.